The fraction of sp³-hybridized carbons (Fsp3) is 0.375. The van der Waals surface area contributed by atoms with Gasteiger partial charge in [-0.1, -0.05) is 12.2 Å². The topological polar surface area (TPSA) is 17.1 Å². The number of hydrogen-bond donors (Lipinski definition) is 0. The molecule has 10 heavy (non-hydrogen) atoms. The molecule has 0 bridgehead atoms. The van der Waals surface area contributed by atoms with Crippen LogP contribution in [0.15, 0.2) is 24.8 Å². The zero-order valence-electron chi connectivity index (χ0n) is 5.85. The molecular weight excluding hydrogens is 148 g/mol. The molecule has 56 valence electrons. The Morgan fingerprint density at radius 1 is 1.50 bits per heavy atom. The van der Waals surface area contributed by atoms with Crippen molar-refractivity contribution in [3.8, 4) is 0 Å². The van der Waals surface area contributed by atoms with Crippen LogP contribution < -0.4 is 0 Å². The van der Waals surface area contributed by atoms with E-state index < -0.39 is 5.24 Å². The van der Waals surface area contributed by atoms with E-state index in [0.29, 0.717) is 0 Å². The second-order valence-corrected chi connectivity index (χ2v) is 2.30. The van der Waals surface area contributed by atoms with Crippen LogP contribution in [0, 0.1) is 0 Å². The van der Waals surface area contributed by atoms with Gasteiger partial charge >= 0.3 is 0 Å². The number of unbranched alkanes of at least 4 members (excludes halogenated alkanes) is 2. The molecule has 0 saturated heterocycles. The summed E-state index contributed by atoms with van der Waals surface area (Å²) in [4.78, 5) is 10.1. The second kappa shape index (κ2) is 6.56. The molecular formula is C8H11ClO. The summed E-state index contributed by atoms with van der Waals surface area (Å²) in [6.07, 6.45) is 7.93. The predicted octanol–water partition coefficient (Wildman–Crippen LogP) is 2.66. The number of hydrogen-bond acceptors (Lipinski definition) is 1. The molecule has 0 N–H and O–H groups in total. The van der Waals surface area contributed by atoms with Crippen LogP contribution >= 0.6 is 11.6 Å². The van der Waals surface area contributed by atoms with Gasteiger partial charge in [0.2, 0.25) is 5.24 Å². The molecule has 0 aromatic heterocycles. The van der Waals surface area contributed by atoms with Crippen molar-refractivity contribution in [2.24, 2.45) is 0 Å². The SMILES string of the molecule is C=CCCC/C=C\C(=O)Cl. The summed E-state index contributed by atoms with van der Waals surface area (Å²) >= 11 is 5.04. The molecule has 0 aliphatic carbocycles. The molecule has 0 fully saturated rings. The van der Waals surface area contributed by atoms with Gasteiger partial charge in [-0.15, -0.1) is 6.58 Å². The first kappa shape index (κ1) is 9.44. The Morgan fingerprint density at radius 3 is 2.70 bits per heavy atom. The largest absolute Gasteiger partial charge is 0.276 e. The van der Waals surface area contributed by atoms with Gasteiger partial charge in [0, 0.05) is 0 Å². The van der Waals surface area contributed by atoms with Crippen molar-refractivity contribution < 1.29 is 4.79 Å². The first-order valence-corrected chi connectivity index (χ1v) is 3.62. The smallest absolute Gasteiger partial charge is 0.244 e. The zero-order valence-corrected chi connectivity index (χ0v) is 6.60. The predicted molar refractivity (Wildman–Crippen MR) is 44.0 cm³/mol. The molecule has 0 aromatic carbocycles. The Kier molecular flexibility index (Phi) is 6.19. The molecule has 0 saturated carbocycles. The van der Waals surface area contributed by atoms with Gasteiger partial charge in [-0.3, -0.25) is 4.79 Å². The van der Waals surface area contributed by atoms with E-state index in [0.717, 1.165) is 19.3 Å². The van der Waals surface area contributed by atoms with Crippen molar-refractivity contribution in [3.63, 3.8) is 0 Å². The van der Waals surface area contributed by atoms with E-state index in [4.69, 9.17) is 11.6 Å². The molecule has 0 aliphatic heterocycles. The number of rotatable bonds is 5. The summed E-state index contributed by atoms with van der Waals surface area (Å²) in [6.45, 7) is 3.58. The summed E-state index contributed by atoms with van der Waals surface area (Å²) in [7, 11) is 0. The van der Waals surface area contributed by atoms with Crippen LogP contribution in [0.1, 0.15) is 19.3 Å². The normalized spacial score (nSPS) is 10.1. The first-order chi connectivity index (χ1) is 4.77. The highest BCUT2D eigenvalue weighted by atomic mass is 35.5. The van der Waals surface area contributed by atoms with E-state index in [1.807, 2.05) is 6.08 Å². The van der Waals surface area contributed by atoms with Crippen LogP contribution in [0.2, 0.25) is 0 Å². The van der Waals surface area contributed by atoms with Crippen molar-refractivity contribution >= 4 is 16.8 Å². The second-order valence-electron chi connectivity index (χ2n) is 1.93. The third-order valence-corrected chi connectivity index (χ3v) is 1.15. The maximum absolute atomic E-state index is 10.1. The number of halogens is 1. The molecule has 0 aliphatic rings. The maximum atomic E-state index is 10.1. The third kappa shape index (κ3) is 7.44. The van der Waals surface area contributed by atoms with Crippen LogP contribution in [-0.4, -0.2) is 5.24 Å². The van der Waals surface area contributed by atoms with Gasteiger partial charge < -0.3 is 0 Å². The van der Waals surface area contributed by atoms with E-state index in [2.05, 4.69) is 6.58 Å². The Balaban J connectivity index is 3.18. The quantitative estimate of drug-likeness (QED) is 0.260. The molecule has 0 aromatic rings. The van der Waals surface area contributed by atoms with Crippen molar-refractivity contribution in [3.05, 3.63) is 24.8 Å². The molecule has 0 atom stereocenters. The third-order valence-electron chi connectivity index (χ3n) is 1.03. The summed E-state index contributed by atoms with van der Waals surface area (Å²) in [5.41, 5.74) is 0. The minimum absolute atomic E-state index is 0.404. The molecule has 0 amide bonds. The Morgan fingerprint density at radius 2 is 2.20 bits per heavy atom. The Bertz CT molecular complexity index is 138. The van der Waals surface area contributed by atoms with Gasteiger partial charge in [-0.2, -0.15) is 0 Å². The van der Waals surface area contributed by atoms with Gasteiger partial charge in [-0.25, -0.2) is 0 Å². The highest BCUT2D eigenvalue weighted by Crippen LogP contribution is 1.97. The lowest BCUT2D eigenvalue weighted by Crippen LogP contribution is -1.75. The van der Waals surface area contributed by atoms with Crippen LogP contribution in [0.25, 0.3) is 0 Å². The number of carbonyl (C=O) groups is 1. The first-order valence-electron chi connectivity index (χ1n) is 3.24. The molecule has 0 radical (unpaired) electrons. The number of allylic oxidation sites excluding steroid dienone is 3. The van der Waals surface area contributed by atoms with Crippen molar-refractivity contribution in [2.45, 2.75) is 19.3 Å². The Labute approximate surface area is 66.4 Å². The van der Waals surface area contributed by atoms with E-state index in [1.54, 1.807) is 6.08 Å². The van der Waals surface area contributed by atoms with Gasteiger partial charge in [0.25, 0.3) is 0 Å². The molecule has 2 heteroatoms. The van der Waals surface area contributed by atoms with Crippen LogP contribution in [0.4, 0.5) is 0 Å². The fourth-order valence-electron chi connectivity index (χ4n) is 0.556. The van der Waals surface area contributed by atoms with Gasteiger partial charge in [0.15, 0.2) is 0 Å². The summed E-state index contributed by atoms with van der Waals surface area (Å²) in [5, 5.41) is -0.404. The van der Waals surface area contributed by atoms with Crippen molar-refractivity contribution in [1.82, 2.24) is 0 Å². The average molecular weight is 159 g/mol. The highest BCUT2D eigenvalue weighted by Gasteiger charge is 1.83. The lowest BCUT2D eigenvalue weighted by molar-refractivity contribution is -0.107. The van der Waals surface area contributed by atoms with E-state index in [9.17, 15) is 4.79 Å². The minimum Gasteiger partial charge on any atom is -0.276 e. The van der Waals surface area contributed by atoms with Crippen molar-refractivity contribution in [1.29, 1.82) is 0 Å². The lowest BCUT2D eigenvalue weighted by Gasteiger charge is -1.86. The van der Waals surface area contributed by atoms with E-state index >= 15 is 0 Å². The summed E-state index contributed by atoms with van der Waals surface area (Å²) in [5.74, 6) is 0. The molecule has 1 nitrogen and oxygen atoms in total. The summed E-state index contributed by atoms with van der Waals surface area (Å²) < 4.78 is 0. The zero-order chi connectivity index (χ0) is 7.82. The lowest BCUT2D eigenvalue weighted by atomic mass is 10.2. The van der Waals surface area contributed by atoms with E-state index in [1.165, 1.54) is 6.08 Å². The fourth-order valence-corrected chi connectivity index (χ4v) is 0.645. The van der Waals surface area contributed by atoms with Gasteiger partial charge in [0.1, 0.15) is 0 Å². The van der Waals surface area contributed by atoms with Gasteiger partial charge in [-0.05, 0) is 36.9 Å². The molecule has 0 rings (SSSR count). The Hall–Kier alpha value is -0.560. The minimum atomic E-state index is -0.404. The van der Waals surface area contributed by atoms with Crippen LogP contribution in [0.3, 0.4) is 0 Å². The monoisotopic (exact) mass is 158 g/mol. The number of carbonyl (C=O) groups excluding carboxylic acids is 1. The molecule has 0 spiro atoms. The highest BCUT2D eigenvalue weighted by molar-refractivity contribution is 6.66. The molecule has 0 unspecified atom stereocenters. The average Bonchev–Trinajstić information content (AvgIpc) is 1.87. The van der Waals surface area contributed by atoms with E-state index in [-0.39, 0.29) is 0 Å². The van der Waals surface area contributed by atoms with Gasteiger partial charge in [0.05, 0.1) is 0 Å². The van der Waals surface area contributed by atoms with Crippen molar-refractivity contribution in [2.75, 3.05) is 0 Å². The maximum Gasteiger partial charge on any atom is 0.244 e. The summed E-state index contributed by atoms with van der Waals surface area (Å²) in [6, 6.07) is 0. The van der Waals surface area contributed by atoms with Crippen LogP contribution in [-0.2, 0) is 4.79 Å². The van der Waals surface area contributed by atoms with Crippen LogP contribution in [0.5, 0.6) is 0 Å². The standard InChI is InChI=1S/C8H11ClO/c1-2-3-4-5-6-7-8(9)10/h2,6-7H,1,3-5H2/b7-6-. The molecule has 0 heterocycles.